The third-order valence-corrected chi connectivity index (χ3v) is 0.478. The molecule has 0 fully saturated rings. The van der Waals surface area contributed by atoms with Crippen molar-refractivity contribution in [2.45, 2.75) is 12.2 Å². The average molecular weight is 90.2 g/mol. The highest BCUT2D eigenvalue weighted by Gasteiger charge is 1.82. The van der Waals surface area contributed by atoms with E-state index in [9.17, 15) is 0 Å². The monoisotopic (exact) mass is 90.0 g/mol. The van der Waals surface area contributed by atoms with E-state index < -0.39 is 0 Å². The molecule has 0 aromatic carbocycles. The smallest absolute Gasteiger partial charge is 0.0214 e. The maximum absolute atomic E-state index is 6.58. The molecule has 0 aliphatic heterocycles. The molecule has 1 nitrogen and oxygen atoms in total. The first-order chi connectivity index (χ1) is 2.27. The number of hydrogen-bond donors (Lipinski definition) is 1. The average Bonchev–Trinajstić information content (AvgIpc) is 1.38. The summed E-state index contributed by atoms with van der Waals surface area (Å²) in [5.74, 6) is 0. The van der Waals surface area contributed by atoms with Crippen LogP contribution in [0.3, 0.4) is 0 Å². The van der Waals surface area contributed by atoms with Crippen molar-refractivity contribution < 1.29 is 0 Å². The van der Waals surface area contributed by atoms with Gasteiger partial charge in [-0.05, 0) is 0 Å². The van der Waals surface area contributed by atoms with E-state index in [-0.39, 0.29) is 5.25 Å². The summed E-state index contributed by atoms with van der Waals surface area (Å²) in [6.07, 6.45) is 0. The topological polar surface area (TPSA) is 23.8 Å². The Morgan fingerprint density at radius 3 is 2.20 bits per heavy atom. The van der Waals surface area contributed by atoms with Crippen molar-refractivity contribution in [2.24, 2.45) is 0 Å². The number of rotatable bonds is 1. The van der Waals surface area contributed by atoms with E-state index in [1.165, 1.54) is 0 Å². The van der Waals surface area contributed by atoms with Crippen LogP contribution in [0.4, 0.5) is 0 Å². The minimum atomic E-state index is 0.245. The largest absolute Gasteiger partial charge is 0.257 e. The fourth-order valence-electron chi connectivity index (χ4n) is 0. The van der Waals surface area contributed by atoms with Crippen LogP contribution in [-0.4, -0.2) is 11.8 Å². The van der Waals surface area contributed by atoms with Gasteiger partial charge in [-0.2, -0.15) is 12.6 Å². The van der Waals surface area contributed by atoms with Crippen molar-refractivity contribution in [3.63, 3.8) is 0 Å². The summed E-state index contributed by atoms with van der Waals surface area (Å²) in [6, 6.07) is 0. The van der Waals surface area contributed by atoms with Gasteiger partial charge >= 0.3 is 0 Å². The van der Waals surface area contributed by atoms with Crippen LogP contribution in [0, 0.1) is 0 Å². The molecule has 0 saturated carbocycles. The normalized spacial score (nSPS) is 15.0. The summed E-state index contributed by atoms with van der Waals surface area (Å²) >= 11 is 3.91. The minimum absolute atomic E-state index is 0.245. The fourth-order valence-corrected chi connectivity index (χ4v) is 0. The van der Waals surface area contributed by atoms with E-state index in [1.54, 1.807) is 0 Å². The van der Waals surface area contributed by atoms with Crippen molar-refractivity contribution in [1.82, 2.24) is 5.73 Å². The van der Waals surface area contributed by atoms with Crippen molar-refractivity contribution in [2.75, 3.05) is 6.54 Å². The van der Waals surface area contributed by atoms with Gasteiger partial charge in [0.2, 0.25) is 0 Å². The molecule has 1 radical (unpaired) electrons. The van der Waals surface area contributed by atoms with Gasteiger partial charge in [-0.1, -0.05) is 6.92 Å². The van der Waals surface area contributed by atoms with Gasteiger partial charge in [-0.15, -0.1) is 0 Å². The van der Waals surface area contributed by atoms with E-state index in [0.717, 1.165) is 0 Å². The molecular weight excluding hydrogens is 82.1 g/mol. The Bertz CT molecular complexity index is 20.9. The Labute approximate surface area is 38.0 Å². The van der Waals surface area contributed by atoms with Crippen LogP contribution >= 0.6 is 12.6 Å². The summed E-state index contributed by atoms with van der Waals surface area (Å²) in [6.45, 7) is 2.32. The molecule has 2 heteroatoms. The summed E-state index contributed by atoms with van der Waals surface area (Å²) in [5.41, 5.74) is 6.58. The van der Waals surface area contributed by atoms with Gasteiger partial charge in [0.25, 0.3) is 0 Å². The van der Waals surface area contributed by atoms with E-state index >= 15 is 0 Å². The third-order valence-electron chi connectivity index (χ3n) is 0.295. The minimum Gasteiger partial charge on any atom is -0.257 e. The lowest BCUT2D eigenvalue weighted by Crippen LogP contribution is -1.97. The zero-order chi connectivity index (χ0) is 4.28. The van der Waals surface area contributed by atoms with E-state index in [0.29, 0.717) is 6.54 Å². The molecule has 31 valence electrons. The van der Waals surface area contributed by atoms with E-state index in [4.69, 9.17) is 5.73 Å². The van der Waals surface area contributed by atoms with Crippen molar-refractivity contribution >= 4 is 12.6 Å². The van der Waals surface area contributed by atoms with Crippen LogP contribution in [0.25, 0.3) is 0 Å². The molecular formula is C3H8NS. The molecule has 1 N–H and O–H groups in total. The molecule has 0 amide bonds. The third kappa shape index (κ3) is 4.31. The summed E-state index contributed by atoms with van der Waals surface area (Å²) in [4.78, 5) is 0. The Morgan fingerprint density at radius 2 is 2.20 bits per heavy atom. The van der Waals surface area contributed by atoms with Crippen LogP contribution in [0.2, 0.25) is 0 Å². The first kappa shape index (κ1) is 5.31. The molecule has 0 aliphatic carbocycles. The van der Waals surface area contributed by atoms with Crippen LogP contribution in [0.5, 0.6) is 0 Å². The second kappa shape index (κ2) is 2.54. The van der Waals surface area contributed by atoms with E-state index in [2.05, 4.69) is 12.6 Å². The van der Waals surface area contributed by atoms with Crippen LogP contribution in [0.15, 0.2) is 0 Å². The van der Waals surface area contributed by atoms with Crippen LogP contribution in [0.1, 0.15) is 6.92 Å². The SMILES string of the molecule is CC(S)C[NH]. The zero-order valence-corrected chi connectivity index (χ0v) is 4.13. The standard InChI is InChI=1S/C3H8NS/c1-3(5)2-4/h3-5H,2H2,1H3. The van der Waals surface area contributed by atoms with Crippen molar-refractivity contribution in [1.29, 1.82) is 0 Å². The van der Waals surface area contributed by atoms with Gasteiger partial charge in [0, 0.05) is 11.8 Å². The van der Waals surface area contributed by atoms with Gasteiger partial charge in [0.1, 0.15) is 0 Å². The second-order valence-corrected chi connectivity index (χ2v) is 1.93. The van der Waals surface area contributed by atoms with Crippen LogP contribution in [-0.2, 0) is 0 Å². The molecule has 0 aliphatic rings. The molecule has 0 spiro atoms. The maximum atomic E-state index is 6.58. The molecule has 5 heavy (non-hydrogen) atoms. The molecule has 0 rings (SSSR count). The lowest BCUT2D eigenvalue weighted by Gasteiger charge is -1.89. The lowest BCUT2D eigenvalue weighted by atomic mass is 10.5. The molecule has 0 heterocycles. The van der Waals surface area contributed by atoms with Gasteiger partial charge in [-0.25, -0.2) is 0 Å². The highest BCUT2D eigenvalue weighted by atomic mass is 32.1. The molecule has 1 unspecified atom stereocenters. The molecule has 0 saturated heterocycles. The van der Waals surface area contributed by atoms with Gasteiger partial charge < -0.3 is 0 Å². The van der Waals surface area contributed by atoms with Gasteiger partial charge in [0.05, 0.1) is 0 Å². The Balaban J connectivity index is 2.54. The molecule has 0 aromatic rings. The molecule has 0 bridgehead atoms. The number of hydrogen-bond acceptors (Lipinski definition) is 1. The fraction of sp³-hybridized carbons (Fsp3) is 1.00. The first-order valence-electron chi connectivity index (χ1n) is 1.60. The van der Waals surface area contributed by atoms with E-state index in [1.807, 2.05) is 6.92 Å². The van der Waals surface area contributed by atoms with Gasteiger partial charge in [0.15, 0.2) is 0 Å². The maximum Gasteiger partial charge on any atom is 0.0214 e. The molecule has 1 atom stereocenters. The summed E-state index contributed by atoms with van der Waals surface area (Å²) in [7, 11) is 0. The second-order valence-electron chi connectivity index (χ2n) is 1.05. The Kier molecular flexibility index (Phi) is 2.70. The van der Waals surface area contributed by atoms with Crippen molar-refractivity contribution in [3.8, 4) is 0 Å². The molecule has 0 aromatic heterocycles. The predicted octanol–water partition coefficient (Wildman–Crippen LogP) is 0.588. The quantitative estimate of drug-likeness (QED) is 0.456. The summed E-state index contributed by atoms with van der Waals surface area (Å²) < 4.78 is 0. The highest BCUT2D eigenvalue weighted by molar-refractivity contribution is 7.80. The first-order valence-corrected chi connectivity index (χ1v) is 2.11. The summed E-state index contributed by atoms with van der Waals surface area (Å²) in [5, 5.41) is 0.245. The van der Waals surface area contributed by atoms with Gasteiger partial charge in [-0.3, -0.25) is 5.73 Å². The lowest BCUT2D eigenvalue weighted by molar-refractivity contribution is 0.933. The number of thiol groups is 1. The van der Waals surface area contributed by atoms with Crippen LogP contribution < -0.4 is 5.73 Å². The zero-order valence-electron chi connectivity index (χ0n) is 3.23. The number of nitrogens with one attached hydrogen (secondary N) is 1. The highest BCUT2D eigenvalue weighted by Crippen LogP contribution is 1.84. The Hall–Kier alpha value is 0.310. The Morgan fingerprint density at radius 1 is 2.00 bits per heavy atom. The predicted molar refractivity (Wildman–Crippen MR) is 26.4 cm³/mol. The van der Waals surface area contributed by atoms with Crippen molar-refractivity contribution in [3.05, 3.63) is 0 Å².